The highest BCUT2D eigenvalue weighted by Crippen LogP contribution is 2.36. The number of hydrogen-bond acceptors (Lipinski definition) is 2. The zero-order chi connectivity index (χ0) is 15.0. The number of nitrogens with one attached hydrogen (secondary N) is 1. The molecule has 0 aliphatic rings. The maximum absolute atomic E-state index is 14.2. The van der Waals surface area contributed by atoms with Gasteiger partial charge in [-0.25, -0.2) is 8.78 Å². The Morgan fingerprint density at radius 3 is 2.62 bits per heavy atom. The third kappa shape index (κ3) is 2.38. The minimum absolute atomic E-state index is 0.204. The van der Waals surface area contributed by atoms with Gasteiger partial charge in [0.1, 0.15) is 11.6 Å². The Bertz CT molecular complexity index is 809. The zero-order valence-corrected chi connectivity index (χ0v) is 11.3. The number of aryl methyl sites for hydroxylation is 1. The molecular weight excluding hydrogens is 272 g/mol. The summed E-state index contributed by atoms with van der Waals surface area (Å²) in [5.74, 6) is -0.560. The molecule has 0 amide bonds. The van der Waals surface area contributed by atoms with E-state index in [1.165, 1.54) is 18.2 Å². The van der Waals surface area contributed by atoms with E-state index < -0.39 is 0 Å². The molecule has 0 spiro atoms. The minimum Gasteiger partial charge on any atom is -0.382 e. The summed E-state index contributed by atoms with van der Waals surface area (Å²) in [6.45, 7) is 1.81. The van der Waals surface area contributed by atoms with Crippen LogP contribution in [-0.4, -0.2) is 10.2 Å². The second-order valence-electron chi connectivity index (χ2n) is 4.85. The molecule has 0 fully saturated rings. The van der Waals surface area contributed by atoms with Crippen molar-refractivity contribution in [3.63, 3.8) is 0 Å². The molecule has 2 aromatic carbocycles. The van der Waals surface area contributed by atoms with E-state index in [4.69, 9.17) is 5.73 Å². The fourth-order valence-corrected chi connectivity index (χ4v) is 2.31. The Balaban J connectivity index is 2.22. The first-order chi connectivity index (χ1) is 10.1. The maximum Gasteiger partial charge on any atom is 0.153 e. The molecule has 3 N–H and O–H groups in total. The van der Waals surface area contributed by atoms with E-state index in [-0.39, 0.29) is 17.5 Å². The van der Waals surface area contributed by atoms with Gasteiger partial charge >= 0.3 is 0 Å². The summed E-state index contributed by atoms with van der Waals surface area (Å²) in [6.07, 6.45) is 0. The summed E-state index contributed by atoms with van der Waals surface area (Å²) in [7, 11) is 0. The number of nitrogen functional groups attached to an aromatic ring is 1. The van der Waals surface area contributed by atoms with E-state index in [9.17, 15) is 8.78 Å². The molecule has 1 aromatic heterocycles. The first-order valence-corrected chi connectivity index (χ1v) is 6.42. The van der Waals surface area contributed by atoms with Crippen molar-refractivity contribution in [2.45, 2.75) is 6.92 Å². The van der Waals surface area contributed by atoms with Crippen LogP contribution in [0.2, 0.25) is 0 Å². The first-order valence-electron chi connectivity index (χ1n) is 6.42. The van der Waals surface area contributed by atoms with E-state index in [0.717, 1.165) is 5.56 Å². The van der Waals surface area contributed by atoms with Gasteiger partial charge in [0.25, 0.3) is 0 Å². The highest BCUT2D eigenvalue weighted by atomic mass is 19.1. The van der Waals surface area contributed by atoms with Crippen molar-refractivity contribution in [3.05, 3.63) is 59.7 Å². The van der Waals surface area contributed by atoms with Crippen LogP contribution in [-0.2, 0) is 0 Å². The van der Waals surface area contributed by atoms with Gasteiger partial charge in [0, 0.05) is 5.56 Å². The fourth-order valence-electron chi connectivity index (χ4n) is 2.31. The number of aromatic nitrogens is 2. The monoisotopic (exact) mass is 285 g/mol. The van der Waals surface area contributed by atoms with Crippen molar-refractivity contribution in [2.24, 2.45) is 0 Å². The average molecular weight is 285 g/mol. The summed E-state index contributed by atoms with van der Waals surface area (Å²) < 4.78 is 27.6. The van der Waals surface area contributed by atoms with Gasteiger partial charge in [-0.05, 0) is 42.3 Å². The predicted octanol–water partition coefficient (Wildman–Crippen LogP) is 3.91. The van der Waals surface area contributed by atoms with E-state index in [0.29, 0.717) is 22.4 Å². The van der Waals surface area contributed by atoms with Crippen molar-refractivity contribution in [1.29, 1.82) is 0 Å². The molecule has 0 aliphatic carbocycles. The lowest BCUT2D eigenvalue weighted by Crippen LogP contribution is -1.91. The molecule has 21 heavy (non-hydrogen) atoms. The van der Waals surface area contributed by atoms with Gasteiger partial charge in [0.2, 0.25) is 0 Å². The summed E-state index contributed by atoms with van der Waals surface area (Å²) in [6, 6.07) is 10.8. The van der Waals surface area contributed by atoms with Crippen LogP contribution in [0.5, 0.6) is 0 Å². The second kappa shape index (κ2) is 5.01. The van der Waals surface area contributed by atoms with Crippen LogP contribution in [0.1, 0.15) is 5.56 Å². The van der Waals surface area contributed by atoms with Gasteiger partial charge < -0.3 is 5.73 Å². The third-order valence-corrected chi connectivity index (χ3v) is 3.30. The molecule has 106 valence electrons. The topological polar surface area (TPSA) is 54.7 Å². The molecule has 3 nitrogen and oxygen atoms in total. The van der Waals surface area contributed by atoms with E-state index >= 15 is 0 Å². The molecule has 0 unspecified atom stereocenters. The van der Waals surface area contributed by atoms with Crippen LogP contribution in [0.3, 0.4) is 0 Å². The molecular formula is C16H13F2N3. The van der Waals surface area contributed by atoms with Crippen LogP contribution in [0, 0.1) is 18.6 Å². The van der Waals surface area contributed by atoms with Crippen molar-refractivity contribution < 1.29 is 8.78 Å². The van der Waals surface area contributed by atoms with Crippen LogP contribution >= 0.6 is 0 Å². The second-order valence-corrected chi connectivity index (χ2v) is 4.85. The van der Waals surface area contributed by atoms with Gasteiger partial charge in [-0.3, -0.25) is 5.10 Å². The van der Waals surface area contributed by atoms with Crippen molar-refractivity contribution in [3.8, 4) is 22.4 Å². The maximum atomic E-state index is 14.2. The highest BCUT2D eigenvalue weighted by molar-refractivity contribution is 5.87. The Hall–Kier alpha value is -2.69. The molecule has 0 saturated carbocycles. The van der Waals surface area contributed by atoms with Gasteiger partial charge in [-0.15, -0.1) is 0 Å². The largest absolute Gasteiger partial charge is 0.382 e. The molecule has 1 heterocycles. The summed E-state index contributed by atoms with van der Waals surface area (Å²) in [4.78, 5) is 0. The van der Waals surface area contributed by atoms with Crippen molar-refractivity contribution in [1.82, 2.24) is 10.2 Å². The molecule has 0 aliphatic heterocycles. The van der Waals surface area contributed by atoms with Crippen molar-refractivity contribution in [2.75, 3.05) is 5.73 Å². The van der Waals surface area contributed by atoms with Gasteiger partial charge in [0.15, 0.2) is 5.82 Å². The lowest BCUT2D eigenvalue weighted by Gasteiger charge is -2.07. The van der Waals surface area contributed by atoms with Gasteiger partial charge in [-0.2, -0.15) is 5.10 Å². The number of benzene rings is 2. The predicted molar refractivity (Wildman–Crippen MR) is 78.5 cm³/mol. The number of anilines is 1. The standard InChI is InChI=1S/C16H13F2N3/c1-9-5-6-12(13(18)7-9)15-14(16(19)21-20-15)10-3-2-4-11(17)8-10/h2-8H,1H3,(H3,19,20,21). The summed E-state index contributed by atoms with van der Waals surface area (Å²) in [5, 5.41) is 6.66. The molecule has 3 aromatic rings. The average Bonchev–Trinajstić information content (AvgIpc) is 2.80. The van der Waals surface area contributed by atoms with Gasteiger partial charge in [0.05, 0.1) is 11.3 Å². The van der Waals surface area contributed by atoms with E-state index in [1.807, 2.05) is 6.92 Å². The summed E-state index contributed by atoms with van der Waals surface area (Å²) >= 11 is 0. The molecule has 5 heteroatoms. The number of nitrogens with zero attached hydrogens (tertiary/aromatic N) is 1. The van der Waals surface area contributed by atoms with Crippen LogP contribution in [0.25, 0.3) is 22.4 Å². The summed E-state index contributed by atoms with van der Waals surface area (Å²) in [5.41, 5.74) is 8.51. The number of halogens is 2. The number of nitrogens with two attached hydrogens (primary N) is 1. The third-order valence-electron chi connectivity index (χ3n) is 3.30. The van der Waals surface area contributed by atoms with Crippen molar-refractivity contribution >= 4 is 5.82 Å². The number of rotatable bonds is 2. The Kier molecular flexibility index (Phi) is 3.17. The molecule has 3 rings (SSSR count). The molecule has 0 saturated heterocycles. The zero-order valence-electron chi connectivity index (χ0n) is 11.3. The molecule has 0 radical (unpaired) electrons. The first kappa shape index (κ1) is 13.3. The SMILES string of the molecule is Cc1ccc(-c2[nH]nc(N)c2-c2cccc(F)c2)c(F)c1. The Labute approximate surface area is 120 Å². The fraction of sp³-hybridized carbons (Fsp3) is 0.0625. The number of aromatic amines is 1. The quantitative estimate of drug-likeness (QED) is 0.750. The van der Waals surface area contributed by atoms with E-state index in [1.54, 1.807) is 24.3 Å². The van der Waals surface area contributed by atoms with Crippen LogP contribution < -0.4 is 5.73 Å². The van der Waals surface area contributed by atoms with Crippen LogP contribution in [0.4, 0.5) is 14.6 Å². The van der Waals surface area contributed by atoms with Gasteiger partial charge in [-0.1, -0.05) is 18.2 Å². The Morgan fingerprint density at radius 2 is 1.90 bits per heavy atom. The number of H-pyrrole nitrogens is 1. The number of hydrogen-bond donors (Lipinski definition) is 2. The lowest BCUT2D eigenvalue weighted by molar-refractivity contribution is 0.628. The van der Waals surface area contributed by atoms with Crippen LogP contribution in [0.15, 0.2) is 42.5 Å². The smallest absolute Gasteiger partial charge is 0.153 e. The molecule has 0 atom stereocenters. The Morgan fingerprint density at radius 1 is 1.10 bits per heavy atom. The van der Waals surface area contributed by atoms with E-state index in [2.05, 4.69) is 10.2 Å². The lowest BCUT2D eigenvalue weighted by atomic mass is 9.99. The molecule has 0 bridgehead atoms. The minimum atomic E-state index is -0.386. The highest BCUT2D eigenvalue weighted by Gasteiger charge is 2.17. The normalized spacial score (nSPS) is 10.8.